The van der Waals surface area contributed by atoms with Gasteiger partial charge in [0.15, 0.2) is 10.8 Å². The molecule has 5 rings (SSSR count). The molecule has 0 bridgehead atoms. The number of fused-ring (bicyclic) bond motifs is 1. The zero-order chi connectivity index (χ0) is 26.0. The number of carbonyl (C=O) groups excluding carboxylic acids is 3. The predicted molar refractivity (Wildman–Crippen MR) is 142 cm³/mol. The maximum absolute atomic E-state index is 14.4. The van der Waals surface area contributed by atoms with Crippen LogP contribution in [0, 0.1) is 0 Å². The number of ketones is 1. The second-order valence-electron chi connectivity index (χ2n) is 9.43. The van der Waals surface area contributed by atoms with E-state index < -0.39 is 33.4 Å². The molecule has 2 fully saturated rings. The van der Waals surface area contributed by atoms with Crippen molar-refractivity contribution in [1.82, 2.24) is 19.9 Å². The van der Waals surface area contributed by atoms with E-state index in [2.05, 4.69) is 15.6 Å². The lowest BCUT2D eigenvalue weighted by atomic mass is 9.80. The average molecular weight is 561 g/mol. The van der Waals surface area contributed by atoms with Crippen LogP contribution in [0.3, 0.4) is 0 Å². The molecule has 3 aromatic rings. The summed E-state index contributed by atoms with van der Waals surface area (Å²) < 4.78 is 30.5. The molecule has 2 N–H and O–H groups in total. The van der Waals surface area contributed by atoms with Crippen LogP contribution in [0.5, 0.6) is 0 Å². The molecule has 1 aliphatic heterocycles. The predicted octanol–water partition coefficient (Wildman–Crippen LogP) is 3.33. The number of thiophene rings is 2. The Labute approximate surface area is 223 Å². The molecule has 196 valence electrons. The number of carbonyl (C=O) groups is 3. The first kappa shape index (κ1) is 26.0. The highest BCUT2D eigenvalue weighted by molar-refractivity contribution is 7.89. The molecule has 2 aliphatic rings. The van der Waals surface area contributed by atoms with E-state index in [1.807, 2.05) is 11.4 Å². The first-order chi connectivity index (χ1) is 17.8. The van der Waals surface area contributed by atoms with Gasteiger partial charge in [-0.05, 0) is 61.9 Å². The first-order valence-corrected chi connectivity index (χ1v) is 15.5. The highest BCUT2D eigenvalue weighted by Crippen LogP contribution is 2.35. The molecule has 0 spiro atoms. The van der Waals surface area contributed by atoms with Gasteiger partial charge in [-0.2, -0.15) is 8.42 Å². The molecule has 2 amide bonds. The minimum atomic E-state index is -4.47. The van der Waals surface area contributed by atoms with Gasteiger partial charge in [0.1, 0.15) is 11.6 Å². The lowest BCUT2D eigenvalue weighted by Gasteiger charge is -2.41. The van der Waals surface area contributed by atoms with Crippen molar-refractivity contribution in [1.29, 1.82) is 0 Å². The van der Waals surface area contributed by atoms with Crippen molar-refractivity contribution in [3.05, 3.63) is 46.8 Å². The van der Waals surface area contributed by atoms with E-state index >= 15 is 0 Å². The van der Waals surface area contributed by atoms with Crippen LogP contribution in [0.15, 0.2) is 46.9 Å². The van der Waals surface area contributed by atoms with Crippen LogP contribution in [0.2, 0.25) is 0 Å². The summed E-state index contributed by atoms with van der Waals surface area (Å²) in [4.78, 5) is 45.4. The van der Waals surface area contributed by atoms with Crippen molar-refractivity contribution in [2.45, 2.75) is 61.6 Å². The summed E-state index contributed by atoms with van der Waals surface area (Å²) in [5.74, 6) is -1.54. The fraction of sp³-hybridized carbons (Fsp3) is 0.440. The minimum Gasteiger partial charge on any atom is -0.337 e. The maximum Gasteiger partial charge on any atom is 0.284 e. The van der Waals surface area contributed by atoms with Gasteiger partial charge >= 0.3 is 0 Å². The van der Waals surface area contributed by atoms with E-state index in [1.54, 1.807) is 12.1 Å². The van der Waals surface area contributed by atoms with Crippen molar-refractivity contribution in [3.8, 4) is 0 Å². The van der Waals surface area contributed by atoms with E-state index in [9.17, 15) is 22.8 Å². The average Bonchev–Trinajstić information content (AvgIpc) is 3.45. The summed E-state index contributed by atoms with van der Waals surface area (Å²) in [7, 11) is -4.47. The number of rotatable bonds is 6. The quantitative estimate of drug-likeness (QED) is 0.474. The minimum absolute atomic E-state index is 0.0303. The Morgan fingerprint density at radius 2 is 1.92 bits per heavy atom. The van der Waals surface area contributed by atoms with Crippen molar-refractivity contribution in [2.24, 2.45) is 0 Å². The van der Waals surface area contributed by atoms with Gasteiger partial charge in [-0.15, -0.1) is 22.7 Å². The number of pyridine rings is 1. The third-order valence-electron chi connectivity index (χ3n) is 6.98. The highest BCUT2D eigenvalue weighted by Gasteiger charge is 2.51. The molecule has 37 heavy (non-hydrogen) atoms. The molecular weight excluding hydrogens is 532 g/mol. The third-order valence-corrected chi connectivity index (χ3v) is 10.8. The van der Waals surface area contributed by atoms with Gasteiger partial charge in [-0.3, -0.25) is 14.4 Å². The molecule has 0 unspecified atom stereocenters. The number of nitrogens with zero attached hydrogens (tertiary/aromatic N) is 2. The molecule has 1 atom stereocenters. The molecule has 12 heteroatoms. The number of sulfonamides is 1. The van der Waals surface area contributed by atoms with Crippen LogP contribution in [0.4, 0.5) is 0 Å². The van der Waals surface area contributed by atoms with Gasteiger partial charge in [-0.1, -0.05) is 25.3 Å². The summed E-state index contributed by atoms with van der Waals surface area (Å²) in [6.07, 6.45) is 4.85. The summed E-state index contributed by atoms with van der Waals surface area (Å²) in [6, 6.07) is 7.00. The number of hydrogen-bond donors (Lipinski definition) is 2. The fourth-order valence-corrected chi connectivity index (χ4v) is 8.69. The number of nitrogens with one attached hydrogen (secondary N) is 2. The number of Topliss-reactive ketones (excluding diaryl/α,β-unsaturated/α-hetero) is 1. The molecule has 4 heterocycles. The molecule has 0 aromatic carbocycles. The van der Waals surface area contributed by atoms with Gasteiger partial charge in [0.2, 0.25) is 0 Å². The summed E-state index contributed by atoms with van der Waals surface area (Å²) >= 11 is 2.87. The number of aromatic nitrogens is 1. The van der Waals surface area contributed by atoms with E-state index in [0.717, 1.165) is 20.1 Å². The lowest BCUT2D eigenvalue weighted by molar-refractivity contribution is -0.140. The second-order valence-corrected chi connectivity index (χ2v) is 13.2. The Morgan fingerprint density at radius 3 is 2.65 bits per heavy atom. The van der Waals surface area contributed by atoms with Gasteiger partial charge in [-0.25, -0.2) is 9.29 Å². The molecule has 9 nitrogen and oxygen atoms in total. The van der Waals surface area contributed by atoms with Crippen LogP contribution in [0.1, 0.15) is 54.6 Å². The Hall–Kier alpha value is -2.67. The van der Waals surface area contributed by atoms with Crippen LogP contribution in [-0.4, -0.2) is 60.0 Å². The molecule has 1 aliphatic carbocycles. The molecular formula is C25H28N4O5S3. The number of amides is 2. The van der Waals surface area contributed by atoms with E-state index in [4.69, 9.17) is 0 Å². The summed E-state index contributed by atoms with van der Waals surface area (Å²) in [5, 5.41) is 7.60. The normalized spacial score (nSPS) is 20.3. The zero-order valence-electron chi connectivity index (χ0n) is 20.1. The van der Waals surface area contributed by atoms with Crippen molar-refractivity contribution < 1.29 is 22.8 Å². The van der Waals surface area contributed by atoms with Crippen LogP contribution in [-0.2, 0) is 19.6 Å². The lowest BCUT2D eigenvalue weighted by Crippen LogP contribution is -2.64. The van der Waals surface area contributed by atoms with Gasteiger partial charge in [0.25, 0.3) is 21.8 Å². The first-order valence-electron chi connectivity index (χ1n) is 12.3. The van der Waals surface area contributed by atoms with Gasteiger partial charge in [0, 0.05) is 15.6 Å². The SMILES string of the molecule is O=C(NC1(C(=O)N([C@H]2CCCNCC2=O)S(=O)(=O)c2ccccn2)CCCCC1)c1cc2sccc2s1. The summed E-state index contributed by atoms with van der Waals surface area (Å²) in [6.45, 7) is 0.517. The largest absolute Gasteiger partial charge is 0.337 e. The van der Waals surface area contributed by atoms with E-state index in [-0.39, 0.29) is 23.8 Å². The zero-order valence-corrected chi connectivity index (χ0v) is 22.6. The molecule has 1 saturated carbocycles. The van der Waals surface area contributed by atoms with Crippen LogP contribution < -0.4 is 10.6 Å². The van der Waals surface area contributed by atoms with Crippen molar-refractivity contribution in [3.63, 3.8) is 0 Å². The standard InChI is InChI=1S/C25H28N4O5S3/c30-18-16-26-12-6-7-17(18)29(37(33,34)22-8-2-5-13-27-22)24(32)25(10-3-1-4-11-25)28-23(31)21-15-20-19(36-21)9-14-35-20/h2,5,8-9,13-15,17,26H,1,3-4,6-7,10-12,16H2,(H,28,31)/t17-/m0/s1. The third kappa shape index (κ3) is 5.07. The van der Waals surface area contributed by atoms with E-state index in [0.29, 0.717) is 43.5 Å². The number of hydrogen-bond acceptors (Lipinski definition) is 9. The van der Waals surface area contributed by atoms with Crippen molar-refractivity contribution in [2.75, 3.05) is 13.1 Å². The maximum atomic E-state index is 14.4. The Balaban J connectivity index is 1.56. The summed E-state index contributed by atoms with van der Waals surface area (Å²) in [5.41, 5.74) is -1.44. The highest BCUT2D eigenvalue weighted by atomic mass is 32.2. The smallest absolute Gasteiger partial charge is 0.284 e. The Bertz CT molecular complexity index is 1380. The van der Waals surface area contributed by atoms with Crippen LogP contribution in [0.25, 0.3) is 9.40 Å². The Morgan fingerprint density at radius 1 is 1.11 bits per heavy atom. The fourth-order valence-electron chi connectivity index (χ4n) is 5.09. The topological polar surface area (TPSA) is 126 Å². The van der Waals surface area contributed by atoms with Crippen LogP contribution >= 0.6 is 22.7 Å². The monoisotopic (exact) mass is 560 g/mol. The Kier molecular flexibility index (Phi) is 7.44. The van der Waals surface area contributed by atoms with E-state index in [1.165, 1.54) is 41.0 Å². The second kappa shape index (κ2) is 10.6. The van der Waals surface area contributed by atoms with Gasteiger partial charge in [0.05, 0.1) is 11.4 Å². The van der Waals surface area contributed by atoms with Gasteiger partial charge < -0.3 is 10.6 Å². The van der Waals surface area contributed by atoms with Crippen molar-refractivity contribution >= 4 is 59.7 Å². The molecule has 1 saturated heterocycles. The molecule has 3 aromatic heterocycles. The molecule has 0 radical (unpaired) electrons.